The number of fused-ring (bicyclic) bond motifs is 6. The number of para-hydroxylation sites is 6. The molecule has 12 aromatic rings. The van der Waals surface area contributed by atoms with E-state index in [9.17, 15) is 64.3 Å². The van der Waals surface area contributed by atoms with Crippen molar-refractivity contribution in [3.63, 3.8) is 0 Å². The Labute approximate surface area is 777 Å². The minimum atomic E-state index is -4.17. The number of aliphatic hydroxyl groups is 6. The molecule has 0 saturated carbocycles. The molecule has 0 radical (unpaired) electrons. The van der Waals surface area contributed by atoms with Crippen LogP contribution in [0.25, 0.3) is 80.0 Å². The number of allylic oxidation sites excluding steroid dienone is 9. The van der Waals surface area contributed by atoms with E-state index < -0.39 is 40.1 Å². The average Bonchev–Trinajstić information content (AvgIpc) is 0.801. The van der Waals surface area contributed by atoms with Gasteiger partial charge in [0.25, 0.3) is 0 Å². The molecule has 131 heavy (non-hydrogen) atoms. The van der Waals surface area contributed by atoms with E-state index in [-0.39, 0.29) is 231 Å². The Bertz CT molecular complexity index is 6770. The number of benzene rings is 6. The maximum atomic E-state index is 13.2. The van der Waals surface area contributed by atoms with Crippen LogP contribution in [0.2, 0.25) is 0 Å². The Morgan fingerprint density at radius 2 is 0.511 bits per heavy atom. The van der Waals surface area contributed by atoms with Crippen LogP contribution >= 0.6 is 0 Å². The smallest absolute Gasteiger partial charge is 0.333 e. The van der Waals surface area contributed by atoms with Crippen LogP contribution in [-0.4, -0.2) is 120 Å². The molecular weight excluding hydrogens is 1910 g/mol. The average molecular weight is 1970 g/mol. The van der Waals surface area contributed by atoms with Gasteiger partial charge in [0.1, 0.15) is 97.9 Å². The SMILES string of the molecule is C/C(O)=C(\C#N)N=Nc1cccc2cccnc12.[C-]#[N+]/C(N=Nc1cccc2c(S(=O)(=O)NCCNS(=O)(=O)c3ccnc4c(N=N/C(C#N)=C(/C)O)cccc34)ccnc12)=C(/C)O.[C-]#[N+]/C(N=Nc1cccc2c(S(=O)(=O)NCCNS(=O)(=O)c3ccnc4c(N=N/C(C#N)=C(/C)O)cccc34)ccnc12)=C(\C)O.[C-]#[N+]/C(N=Nc1cccc2cccnc12)=C(/C)O.[Ni].[Ni].[Ni]. The van der Waals surface area contributed by atoms with Gasteiger partial charge in [-0.2, -0.15) is 15.8 Å². The van der Waals surface area contributed by atoms with Gasteiger partial charge in [-0.1, -0.05) is 120 Å². The fourth-order valence-electron chi connectivity index (χ4n) is 10.9. The number of nitriles is 3. The fourth-order valence-corrected chi connectivity index (χ4v) is 15.7. The predicted molar refractivity (Wildman–Crippen MR) is 467 cm³/mol. The summed E-state index contributed by atoms with van der Waals surface area (Å²) in [5.41, 5.74) is 3.07. The Balaban J connectivity index is 0.000000289. The number of pyridine rings is 6. The number of nitrogens with zero attached hydrogens (tertiary/aromatic N) is 24. The summed E-state index contributed by atoms with van der Waals surface area (Å²) in [5.74, 6) is -2.45. The quantitative estimate of drug-likeness (QED) is 0.00601. The van der Waals surface area contributed by atoms with Gasteiger partial charge in [-0.3, -0.25) is 29.9 Å². The van der Waals surface area contributed by atoms with Gasteiger partial charge in [0.15, 0.2) is 17.1 Å². The molecule has 6 aromatic carbocycles. The molecule has 0 aliphatic carbocycles. The van der Waals surface area contributed by atoms with Crippen molar-refractivity contribution in [3.8, 4) is 18.2 Å². The Hall–Kier alpha value is -15.3. The number of aliphatic hydroxyl groups excluding tert-OH is 6. The van der Waals surface area contributed by atoms with Crippen LogP contribution in [0, 0.1) is 53.7 Å². The van der Waals surface area contributed by atoms with Gasteiger partial charge in [-0.15, -0.1) is 30.7 Å². The summed E-state index contributed by atoms with van der Waals surface area (Å²) in [7, 11) is -16.7. The van der Waals surface area contributed by atoms with E-state index in [4.69, 9.17) is 35.5 Å². The Morgan fingerprint density at radius 3 is 0.725 bits per heavy atom. The zero-order chi connectivity index (χ0) is 92.9. The van der Waals surface area contributed by atoms with E-state index in [0.717, 1.165) is 10.8 Å². The second-order valence-electron chi connectivity index (χ2n) is 25.6. The molecule has 49 heteroatoms. The first-order valence-electron chi connectivity index (χ1n) is 36.6. The van der Waals surface area contributed by atoms with E-state index in [2.05, 4.69) is 125 Å². The van der Waals surface area contributed by atoms with Crippen LogP contribution in [0.3, 0.4) is 0 Å². The number of nitrogens with one attached hydrogen (secondary N) is 4. The number of hydrogen-bond acceptors (Lipinski definition) is 35. The van der Waals surface area contributed by atoms with Crippen molar-refractivity contribution in [2.75, 3.05) is 26.2 Å². The summed E-state index contributed by atoms with van der Waals surface area (Å²) in [5, 5.41) is 132. The van der Waals surface area contributed by atoms with Gasteiger partial charge in [-0.25, -0.2) is 52.6 Å². The number of sulfonamides is 4. The van der Waals surface area contributed by atoms with Gasteiger partial charge < -0.3 is 45.2 Å². The minimum absolute atomic E-state index is 0. The van der Waals surface area contributed by atoms with Crippen LogP contribution in [0.15, 0.2) is 345 Å². The fraction of sp³-hybridized carbons (Fsp3) is 0.122. The third-order valence-electron chi connectivity index (χ3n) is 16.8. The molecule has 6 aromatic heterocycles. The first-order valence-corrected chi connectivity index (χ1v) is 42.6. The second-order valence-corrected chi connectivity index (χ2v) is 32.6. The number of azo groups is 6. The van der Waals surface area contributed by atoms with Gasteiger partial charge in [0.2, 0.25) is 40.1 Å². The van der Waals surface area contributed by atoms with Gasteiger partial charge in [0, 0.05) is 160 Å². The van der Waals surface area contributed by atoms with Crippen LogP contribution in [-0.2, 0) is 89.6 Å². The molecule has 10 N–H and O–H groups in total. The normalized spacial score (nSPS) is 12.9. The van der Waals surface area contributed by atoms with Crippen LogP contribution in [0.1, 0.15) is 41.5 Å². The zero-order valence-corrected chi connectivity index (χ0v) is 74.8. The first-order chi connectivity index (χ1) is 61.2. The van der Waals surface area contributed by atoms with Gasteiger partial charge >= 0.3 is 17.5 Å². The molecule has 0 spiro atoms. The second kappa shape index (κ2) is 48.6. The van der Waals surface area contributed by atoms with Crippen LogP contribution in [0.5, 0.6) is 0 Å². The molecule has 0 unspecified atom stereocenters. The third-order valence-corrected chi connectivity index (χ3v) is 22.9. The number of rotatable bonds is 26. The minimum Gasteiger partial charge on any atom is -0.522 e. The summed E-state index contributed by atoms with van der Waals surface area (Å²) < 4.78 is 115. The molecule has 674 valence electrons. The summed E-state index contributed by atoms with van der Waals surface area (Å²) in [6, 6.07) is 46.9. The molecule has 0 amide bonds. The number of aromatic nitrogens is 6. The van der Waals surface area contributed by atoms with Crippen molar-refractivity contribution in [3.05, 3.63) is 298 Å². The Kier molecular flexibility index (Phi) is 38.7. The predicted octanol–water partition coefficient (Wildman–Crippen LogP) is 18.0. The maximum Gasteiger partial charge on any atom is 0.333 e. The molecule has 6 heterocycles. The third kappa shape index (κ3) is 27.4. The standard InChI is InChI=1S/2C28H24N10O6S2.2C13H10N4O.3Ni/c2*1-17(39)23(16-29)37-35-21-8-4-6-19-24(10-12-31-26(19)21)45(41,42)33-14-15-34-46(43,44)25-11-13-32-27-20(25)7-5-9-22(27)36-38-28(30-3)18(2)40;1-9(18)13(14-2)17-16-11-7-3-5-10-6-4-8-15-12(10)11;1-9(18)12(8-14)17-16-11-6-2-4-10-5-3-7-15-13(10)11;;;/h2*4-13,33-34,39-40H,14-15H2,1-2H3;3-8,18H,1H3;2-7,18H,1H3;;;/b23-17-,28-18+,37-35?,38-36?;23-17-,28-18-,37-35?,38-36?;13-9+,17-16?;12-9-,17-16?;;;. The molecule has 0 atom stereocenters. The van der Waals surface area contributed by atoms with E-state index >= 15 is 0 Å². The molecule has 0 aliphatic heterocycles. The number of hydrogen-bond donors (Lipinski definition) is 10. The molecule has 0 aliphatic rings. The van der Waals surface area contributed by atoms with Gasteiger partial charge in [-0.05, 0) is 114 Å². The topological polar surface area (TPSA) is 616 Å². The van der Waals surface area contributed by atoms with Crippen molar-refractivity contribution in [1.82, 2.24) is 48.8 Å². The molecule has 0 fully saturated rings. The van der Waals surface area contributed by atoms with Crippen molar-refractivity contribution >= 4 is 140 Å². The van der Waals surface area contributed by atoms with Crippen molar-refractivity contribution < 1.29 is 114 Å². The Morgan fingerprint density at radius 1 is 0.305 bits per heavy atom. The maximum absolute atomic E-state index is 13.2. The summed E-state index contributed by atoms with van der Waals surface area (Å²) >= 11 is 0. The van der Waals surface area contributed by atoms with E-state index in [0.29, 0.717) is 22.4 Å². The van der Waals surface area contributed by atoms with Crippen molar-refractivity contribution in [2.45, 2.75) is 61.1 Å². The largest absolute Gasteiger partial charge is 0.522 e. The summed E-state index contributed by atoms with van der Waals surface area (Å²) in [6.45, 7) is 27.6. The molecule has 12 rings (SSSR count). The summed E-state index contributed by atoms with van der Waals surface area (Å²) in [4.78, 5) is 33.8. The first kappa shape index (κ1) is 104. The van der Waals surface area contributed by atoms with Crippen LogP contribution < -0.4 is 18.9 Å². The van der Waals surface area contributed by atoms with Crippen molar-refractivity contribution in [1.29, 1.82) is 15.8 Å². The zero-order valence-electron chi connectivity index (χ0n) is 68.6. The molecular formula is C82H68N28Ni3O14S4. The van der Waals surface area contributed by atoms with E-state index in [1.165, 1.54) is 163 Å². The molecule has 0 saturated heterocycles. The van der Waals surface area contributed by atoms with E-state index in [1.54, 1.807) is 42.7 Å². The summed E-state index contributed by atoms with van der Waals surface area (Å²) in [6.07, 6.45) is 8.36. The van der Waals surface area contributed by atoms with Gasteiger partial charge in [0.05, 0.1) is 41.6 Å². The van der Waals surface area contributed by atoms with Crippen molar-refractivity contribution in [2.24, 2.45) is 61.4 Å². The molecule has 42 nitrogen and oxygen atoms in total. The molecule has 0 bridgehead atoms. The van der Waals surface area contributed by atoms with Crippen LogP contribution in [0.4, 0.5) is 34.1 Å². The van der Waals surface area contributed by atoms with E-state index in [1.807, 2.05) is 48.5 Å². The monoisotopic (exact) mass is 1970 g/mol.